The van der Waals surface area contributed by atoms with Crippen LogP contribution in [0.25, 0.3) is 0 Å². The van der Waals surface area contributed by atoms with Crippen LogP contribution in [0.4, 0.5) is 11.4 Å². The molecule has 0 bridgehead atoms. The fraction of sp³-hybridized carbons (Fsp3) is 0.222. The minimum absolute atomic E-state index is 0.0672. The van der Waals surface area contributed by atoms with Gasteiger partial charge in [0.05, 0.1) is 23.3 Å². The Kier molecular flexibility index (Phi) is 5.30. The molecule has 0 radical (unpaired) electrons. The van der Waals surface area contributed by atoms with Crippen molar-refractivity contribution in [2.45, 2.75) is 13.0 Å². The number of nitrogens with zero attached hydrogens (tertiary/aromatic N) is 1. The van der Waals surface area contributed by atoms with Crippen LogP contribution in [0.3, 0.4) is 0 Å². The summed E-state index contributed by atoms with van der Waals surface area (Å²) in [6, 6.07) is 8.28. The highest BCUT2D eigenvalue weighted by molar-refractivity contribution is 5.98. The predicted molar refractivity (Wildman–Crippen MR) is 95.7 cm³/mol. The third-order valence-electron chi connectivity index (χ3n) is 3.91. The fourth-order valence-electron chi connectivity index (χ4n) is 2.45. The summed E-state index contributed by atoms with van der Waals surface area (Å²) >= 11 is 0. The number of esters is 1. The van der Waals surface area contributed by atoms with Crippen LogP contribution >= 0.6 is 0 Å². The van der Waals surface area contributed by atoms with E-state index in [1.807, 2.05) is 0 Å². The van der Waals surface area contributed by atoms with Crippen LogP contribution in [0.15, 0.2) is 36.4 Å². The molecule has 10 nitrogen and oxygen atoms in total. The molecule has 2 aromatic rings. The number of ether oxygens (including phenoxy) is 4. The Morgan fingerprint density at radius 2 is 1.93 bits per heavy atom. The second-order valence-corrected chi connectivity index (χ2v) is 5.75. The van der Waals surface area contributed by atoms with Crippen LogP contribution in [0.1, 0.15) is 17.3 Å². The average molecular weight is 388 g/mol. The molecule has 28 heavy (non-hydrogen) atoms. The van der Waals surface area contributed by atoms with Gasteiger partial charge in [-0.1, -0.05) is 0 Å². The molecule has 1 heterocycles. The van der Waals surface area contributed by atoms with E-state index in [0.717, 1.165) is 6.07 Å². The molecular formula is C18H16N2O8. The Morgan fingerprint density at radius 1 is 1.18 bits per heavy atom. The number of nitro groups is 1. The smallest absolute Gasteiger partial charge is 0.339 e. The first-order chi connectivity index (χ1) is 13.4. The first-order valence-corrected chi connectivity index (χ1v) is 8.13. The fourth-order valence-corrected chi connectivity index (χ4v) is 2.45. The van der Waals surface area contributed by atoms with E-state index < -0.39 is 22.9 Å². The lowest BCUT2D eigenvalue weighted by Crippen LogP contribution is -2.30. The molecule has 10 heteroatoms. The molecule has 0 aliphatic carbocycles. The van der Waals surface area contributed by atoms with E-state index in [2.05, 4.69) is 5.32 Å². The largest absolute Gasteiger partial charge is 0.495 e. The Hall–Kier alpha value is -3.82. The van der Waals surface area contributed by atoms with E-state index in [9.17, 15) is 19.7 Å². The van der Waals surface area contributed by atoms with Crippen LogP contribution in [0, 0.1) is 10.1 Å². The summed E-state index contributed by atoms with van der Waals surface area (Å²) in [5.41, 5.74) is 0.0608. The van der Waals surface area contributed by atoms with Crippen molar-refractivity contribution in [3.63, 3.8) is 0 Å². The van der Waals surface area contributed by atoms with E-state index in [0.29, 0.717) is 11.5 Å². The van der Waals surface area contributed by atoms with Crippen LogP contribution in [-0.4, -0.2) is 36.8 Å². The number of non-ortho nitro benzene ring substituents is 1. The van der Waals surface area contributed by atoms with E-state index in [-0.39, 0.29) is 29.5 Å². The number of carbonyl (C=O) groups excluding carboxylic acids is 2. The molecule has 0 aromatic heterocycles. The first kappa shape index (κ1) is 19.0. The Labute approximate surface area is 159 Å². The molecule has 0 fully saturated rings. The number of nitro benzene ring substituents is 1. The number of rotatable bonds is 6. The summed E-state index contributed by atoms with van der Waals surface area (Å²) in [5.74, 6) is -0.249. The zero-order valence-corrected chi connectivity index (χ0v) is 15.0. The number of fused-ring (bicyclic) bond motifs is 1. The minimum Gasteiger partial charge on any atom is -0.495 e. The second-order valence-electron chi connectivity index (χ2n) is 5.75. The van der Waals surface area contributed by atoms with E-state index in [1.54, 1.807) is 6.07 Å². The molecule has 3 rings (SSSR count). The summed E-state index contributed by atoms with van der Waals surface area (Å²) in [6.45, 7) is 1.45. The molecule has 146 valence electrons. The minimum atomic E-state index is -1.16. The third-order valence-corrected chi connectivity index (χ3v) is 3.91. The van der Waals surface area contributed by atoms with Crippen molar-refractivity contribution in [3.8, 4) is 17.2 Å². The van der Waals surface area contributed by atoms with Crippen LogP contribution in [0.2, 0.25) is 0 Å². The molecule has 0 spiro atoms. The van der Waals surface area contributed by atoms with Crippen LogP contribution < -0.4 is 19.5 Å². The highest BCUT2D eigenvalue weighted by Crippen LogP contribution is 2.33. The van der Waals surface area contributed by atoms with Gasteiger partial charge in [0.2, 0.25) is 6.79 Å². The lowest BCUT2D eigenvalue weighted by Gasteiger charge is -2.15. The monoisotopic (exact) mass is 388 g/mol. The molecule has 1 atom stereocenters. The van der Waals surface area contributed by atoms with Gasteiger partial charge in [-0.2, -0.15) is 0 Å². The Morgan fingerprint density at radius 3 is 2.64 bits per heavy atom. The van der Waals surface area contributed by atoms with Crippen molar-refractivity contribution in [2.75, 3.05) is 19.2 Å². The van der Waals surface area contributed by atoms with E-state index in [1.165, 1.54) is 38.3 Å². The van der Waals surface area contributed by atoms with Crippen molar-refractivity contribution in [2.24, 2.45) is 0 Å². The third kappa shape index (κ3) is 3.95. The van der Waals surface area contributed by atoms with Gasteiger partial charge in [-0.25, -0.2) is 4.79 Å². The number of anilines is 1. The van der Waals surface area contributed by atoms with E-state index >= 15 is 0 Å². The maximum absolute atomic E-state index is 12.4. The maximum atomic E-state index is 12.4. The molecule has 0 unspecified atom stereocenters. The topological polar surface area (TPSA) is 126 Å². The van der Waals surface area contributed by atoms with Crippen molar-refractivity contribution in [3.05, 3.63) is 52.1 Å². The number of methoxy groups -OCH3 is 1. The maximum Gasteiger partial charge on any atom is 0.339 e. The number of carbonyl (C=O) groups is 2. The highest BCUT2D eigenvalue weighted by atomic mass is 16.7. The quantitative estimate of drug-likeness (QED) is 0.454. The van der Waals surface area contributed by atoms with Crippen LogP contribution in [-0.2, 0) is 9.53 Å². The molecule has 1 amide bonds. The predicted octanol–water partition coefficient (Wildman–Crippen LogP) is 2.52. The zero-order chi connectivity index (χ0) is 20.3. The average Bonchev–Trinajstić information content (AvgIpc) is 3.15. The van der Waals surface area contributed by atoms with Gasteiger partial charge in [0.1, 0.15) is 5.75 Å². The number of amides is 1. The molecule has 2 aromatic carbocycles. The Bertz CT molecular complexity index is 943. The van der Waals surface area contributed by atoms with Crippen molar-refractivity contribution in [1.82, 2.24) is 0 Å². The summed E-state index contributed by atoms with van der Waals surface area (Å²) < 4.78 is 20.6. The molecule has 0 saturated heterocycles. The summed E-state index contributed by atoms with van der Waals surface area (Å²) in [6.07, 6.45) is -1.16. The van der Waals surface area contributed by atoms with Crippen LogP contribution in [0.5, 0.6) is 17.2 Å². The van der Waals surface area contributed by atoms with Crippen molar-refractivity contribution >= 4 is 23.3 Å². The summed E-state index contributed by atoms with van der Waals surface area (Å²) in [4.78, 5) is 34.9. The number of hydrogen-bond donors (Lipinski definition) is 1. The van der Waals surface area contributed by atoms with Gasteiger partial charge in [-0.3, -0.25) is 14.9 Å². The van der Waals surface area contributed by atoms with Crippen molar-refractivity contribution in [1.29, 1.82) is 0 Å². The highest BCUT2D eigenvalue weighted by Gasteiger charge is 2.23. The van der Waals surface area contributed by atoms with Gasteiger partial charge in [-0.15, -0.1) is 0 Å². The zero-order valence-electron chi connectivity index (χ0n) is 15.0. The molecule has 1 aliphatic rings. The number of nitrogens with one attached hydrogen (secondary N) is 1. The summed E-state index contributed by atoms with van der Waals surface area (Å²) in [7, 11) is 1.36. The SMILES string of the molecule is COc1ccc([N+](=O)[O-])cc1NC(=O)[C@H](C)OC(=O)c1ccc2c(c1)OCO2. The van der Waals surface area contributed by atoms with Gasteiger partial charge < -0.3 is 24.3 Å². The molecular weight excluding hydrogens is 372 g/mol. The number of benzene rings is 2. The molecule has 1 N–H and O–H groups in total. The number of hydrogen-bond acceptors (Lipinski definition) is 8. The second kappa shape index (κ2) is 7.82. The van der Waals surface area contributed by atoms with Gasteiger partial charge in [0.25, 0.3) is 11.6 Å². The van der Waals surface area contributed by atoms with Crippen molar-refractivity contribution < 1.29 is 33.5 Å². The Balaban J connectivity index is 1.68. The molecule has 1 aliphatic heterocycles. The van der Waals surface area contributed by atoms with Gasteiger partial charge in [0.15, 0.2) is 17.6 Å². The van der Waals surface area contributed by atoms with Gasteiger partial charge >= 0.3 is 5.97 Å². The first-order valence-electron chi connectivity index (χ1n) is 8.13. The van der Waals surface area contributed by atoms with Gasteiger partial charge in [-0.05, 0) is 31.2 Å². The lowest BCUT2D eigenvalue weighted by molar-refractivity contribution is -0.384. The van der Waals surface area contributed by atoms with E-state index in [4.69, 9.17) is 18.9 Å². The normalized spacial score (nSPS) is 12.8. The standard InChI is InChI=1S/C18H16N2O8/c1-10(28-18(22)11-3-5-15-16(7-11)27-9-26-15)17(21)19-13-8-12(20(23)24)4-6-14(13)25-2/h3-8,10H,9H2,1-2H3,(H,19,21)/t10-/m0/s1. The summed E-state index contributed by atoms with van der Waals surface area (Å²) in [5, 5.41) is 13.4. The molecule has 0 saturated carbocycles. The lowest BCUT2D eigenvalue weighted by atomic mass is 10.2. The van der Waals surface area contributed by atoms with Gasteiger partial charge in [0, 0.05) is 12.1 Å².